The summed E-state index contributed by atoms with van der Waals surface area (Å²) in [5.74, 6) is 1.84. The van der Waals surface area contributed by atoms with Crippen molar-refractivity contribution in [2.24, 2.45) is 0 Å². The number of fused-ring (bicyclic) bond motifs is 1. The van der Waals surface area contributed by atoms with Crippen LogP contribution in [0.1, 0.15) is 36.1 Å². The Morgan fingerprint density at radius 3 is 2.63 bits per heavy atom. The van der Waals surface area contributed by atoms with Crippen molar-refractivity contribution >= 4 is 29.2 Å². The van der Waals surface area contributed by atoms with Gasteiger partial charge in [-0.15, -0.1) is 0 Å². The number of hydrogen-bond donors (Lipinski definition) is 0. The molecule has 0 aromatic carbocycles. The Labute approximate surface area is 180 Å². The van der Waals surface area contributed by atoms with E-state index in [1.54, 1.807) is 4.90 Å². The van der Waals surface area contributed by atoms with Gasteiger partial charge >= 0.3 is 6.09 Å². The number of carbonyl (C=O) groups is 1. The van der Waals surface area contributed by atoms with Crippen LogP contribution in [0.4, 0.5) is 16.3 Å². The highest BCUT2D eigenvalue weighted by Crippen LogP contribution is 2.33. The van der Waals surface area contributed by atoms with E-state index in [9.17, 15) is 4.79 Å². The highest BCUT2D eigenvalue weighted by molar-refractivity contribution is 6.29. The van der Waals surface area contributed by atoms with Gasteiger partial charge in [-0.25, -0.2) is 19.7 Å². The maximum atomic E-state index is 12.8. The molecule has 30 heavy (non-hydrogen) atoms. The zero-order chi connectivity index (χ0) is 20.8. The molecule has 2 aromatic rings. The highest BCUT2D eigenvalue weighted by Gasteiger charge is 2.36. The van der Waals surface area contributed by atoms with Crippen molar-refractivity contribution in [3.63, 3.8) is 0 Å². The summed E-state index contributed by atoms with van der Waals surface area (Å²) in [5.41, 5.74) is 3.91. The van der Waals surface area contributed by atoms with Crippen molar-refractivity contribution < 1.29 is 9.53 Å². The monoisotopic (exact) mass is 428 g/mol. The number of ether oxygens (including phenoxy) is 1. The average Bonchev–Trinajstić information content (AvgIpc) is 3.06. The molecule has 0 N–H and O–H groups in total. The van der Waals surface area contributed by atoms with Crippen LogP contribution in [0, 0.1) is 6.92 Å². The average molecular weight is 429 g/mol. The van der Waals surface area contributed by atoms with Gasteiger partial charge in [0.25, 0.3) is 0 Å². The molecule has 1 amide bonds. The molecule has 5 heterocycles. The molecule has 0 radical (unpaired) electrons. The molecule has 0 saturated carbocycles. The van der Waals surface area contributed by atoms with E-state index in [1.807, 2.05) is 19.1 Å². The van der Waals surface area contributed by atoms with Crippen LogP contribution in [0.15, 0.2) is 12.1 Å². The number of hydrogen-bond acceptors (Lipinski definition) is 7. The number of pyridine rings is 1. The molecular weight excluding hydrogens is 404 g/mol. The summed E-state index contributed by atoms with van der Waals surface area (Å²) >= 11 is 6.05. The number of amides is 1. The van der Waals surface area contributed by atoms with E-state index < -0.39 is 0 Å². The number of nitrogens with zero attached hydrogens (tertiary/aromatic N) is 6. The van der Waals surface area contributed by atoms with E-state index in [1.165, 1.54) is 6.42 Å². The molecule has 0 atom stereocenters. The van der Waals surface area contributed by atoms with Crippen molar-refractivity contribution in [2.75, 3.05) is 36.0 Å². The Morgan fingerprint density at radius 2 is 1.97 bits per heavy atom. The number of rotatable bonds is 4. The Kier molecular flexibility index (Phi) is 4.89. The minimum Gasteiger partial charge on any atom is -0.442 e. The van der Waals surface area contributed by atoms with Crippen molar-refractivity contribution in [1.29, 1.82) is 0 Å². The second-order valence-electron chi connectivity index (χ2n) is 8.14. The Bertz CT molecular complexity index is 969. The normalized spacial score (nSPS) is 18.2. The highest BCUT2D eigenvalue weighted by atomic mass is 35.5. The van der Waals surface area contributed by atoms with Crippen LogP contribution in [-0.2, 0) is 24.2 Å². The van der Waals surface area contributed by atoms with Crippen LogP contribution in [0.2, 0.25) is 5.15 Å². The Balaban J connectivity index is 1.21. The number of aryl methyl sites for hydroxylation is 2. The summed E-state index contributed by atoms with van der Waals surface area (Å²) in [7, 11) is 0. The fourth-order valence-corrected chi connectivity index (χ4v) is 4.34. The third kappa shape index (κ3) is 3.53. The SMILES string of the molecule is CCc1nc2c(c(N3CCC3)n1)CN(C(=O)OC1CN(c3cc(C)nc(Cl)c3)C1)C2. The summed E-state index contributed by atoms with van der Waals surface area (Å²) in [6.07, 6.45) is 1.57. The molecule has 2 saturated heterocycles. The topological polar surface area (TPSA) is 74.7 Å². The van der Waals surface area contributed by atoms with Gasteiger partial charge in [-0.3, -0.25) is 4.90 Å². The molecule has 0 spiro atoms. The van der Waals surface area contributed by atoms with Crippen LogP contribution in [0.3, 0.4) is 0 Å². The molecule has 8 nitrogen and oxygen atoms in total. The molecule has 2 fully saturated rings. The fourth-order valence-electron chi connectivity index (χ4n) is 4.10. The fraction of sp³-hybridized carbons (Fsp3) is 0.524. The summed E-state index contributed by atoms with van der Waals surface area (Å²) in [5, 5.41) is 0.478. The lowest BCUT2D eigenvalue weighted by atomic mass is 10.1. The van der Waals surface area contributed by atoms with Crippen molar-refractivity contribution in [3.8, 4) is 0 Å². The first-order valence-corrected chi connectivity index (χ1v) is 10.9. The van der Waals surface area contributed by atoms with Gasteiger partial charge < -0.3 is 14.5 Å². The quantitative estimate of drug-likeness (QED) is 0.693. The van der Waals surface area contributed by atoms with Gasteiger partial charge in [0.2, 0.25) is 0 Å². The zero-order valence-electron chi connectivity index (χ0n) is 17.3. The second kappa shape index (κ2) is 7.58. The minimum absolute atomic E-state index is 0.124. The molecule has 3 aliphatic heterocycles. The molecule has 0 bridgehead atoms. The third-order valence-electron chi connectivity index (χ3n) is 5.92. The zero-order valence-corrected chi connectivity index (χ0v) is 18.0. The second-order valence-corrected chi connectivity index (χ2v) is 8.53. The van der Waals surface area contributed by atoms with Gasteiger partial charge in [-0.05, 0) is 25.5 Å². The van der Waals surface area contributed by atoms with Crippen molar-refractivity contribution in [2.45, 2.75) is 45.9 Å². The first-order valence-electron chi connectivity index (χ1n) is 10.5. The first-order chi connectivity index (χ1) is 14.5. The lowest BCUT2D eigenvalue weighted by Crippen LogP contribution is -2.54. The summed E-state index contributed by atoms with van der Waals surface area (Å²) in [6.45, 7) is 8.33. The van der Waals surface area contributed by atoms with Crippen LogP contribution in [0.5, 0.6) is 0 Å². The number of halogens is 1. The minimum atomic E-state index is -0.283. The van der Waals surface area contributed by atoms with E-state index in [-0.39, 0.29) is 12.2 Å². The molecule has 158 valence electrons. The van der Waals surface area contributed by atoms with E-state index in [4.69, 9.17) is 21.3 Å². The van der Waals surface area contributed by atoms with E-state index in [0.717, 1.165) is 53.8 Å². The summed E-state index contributed by atoms with van der Waals surface area (Å²) in [6, 6.07) is 3.83. The van der Waals surface area contributed by atoms with Gasteiger partial charge in [-0.1, -0.05) is 18.5 Å². The molecule has 9 heteroatoms. The summed E-state index contributed by atoms with van der Waals surface area (Å²) in [4.78, 5) is 32.5. The predicted molar refractivity (Wildman–Crippen MR) is 114 cm³/mol. The molecule has 5 rings (SSSR count). The van der Waals surface area contributed by atoms with Crippen LogP contribution < -0.4 is 9.80 Å². The molecular formula is C21H25ClN6O2. The van der Waals surface area contributed by atoms with Gasteiger partial charge in [0.1, 0.15) is 22.9 Å². The standard InChI is InChI=1S/C21H25ClN6O2/c1-3-19-24-17-12-28(11-16(17)20(25-19)26-5-4-6-26)21(29)30-15-9-27(10-15)14-7-13(2)23-18(22)8-14/h7-8,15H,3-6,9-12H2,1-2H3. The van der Waals surface area contributed by atoms with Gasteiger partial charge in [0, 0.05) is 36.5 Å². The molecule has 0 aliphatic carbocycles. The first kappa shape index (κ1) is 19.4. The smallest absolute Gasteiger partial charge is 0.410 e. The van der Waals surface area contributed by atoms with Gasteiger partial charge in [-0.2, -0.15) is 0 Å². The van der Waals surface area contributed by atoms with Gasteiger partial charge in [0.05, 0.1) is 31.9 Å². The molecule has 3 aliphatic rings. The molecule has 0 unspecified atom stereocenters. The Morgan fingerprint density at radius 1 is 1.17 bits per heavy atom. The number of carbonyl (C=O) groups excluding carboxylic acids is 1. The van der Waals surface area contributed by atoms with Crippen LogP contribution in [0.25, 0.3) is 0 Å². The van der Waals surface area contributed by atoms with Crippen molar-refractivity contribution in [3.05, 3.63) is 40.1 Å². The lowest BCUT2D eigenvalue weighted by molar-refractivity contribution is 0.0490. The number of aromatic nitrogens is 3. The van der Waals surface area contributed by atoms with E-state index >= 15 is 0 Å². The van der Waals surface area contributed by atoms with E-state index in [2.05, 4.69) is 26.7 Å². The van der Waals surface area contributed by atoms with Gasteiger partial charge in [0.15, 0.2) is 0 Å². The van der Waals surface area contributed by atoms with Crippen LogP contribution >= 0.6 is 11.6 Å². The predicted octanol–water partition coefficient (Wildman–Crippen LogP) is 2.95. The third-order valence-corrected chi connectivity index (χ3v) is 6.12. The summed E-state index contributed by atoms with van der Waals surface area (Å²) < 4.78 is 5.75. The largest absolute Gasteiger partial charge is 0.442 e. The maximum absolute atomic E-state index is 12.8. The maximum Gasteiger partial charge on any atom is 0.410 e. The lowest BCUT2D eigenvalue weighted by Gasteiger charge is -2.40. The van der Waals surface area contributed by atoms with Crippen LogP contribution in [-0.4, -0.2) is 58.2 Å². The van der Waals surface area contributed by atoms with E-state index in [0.29, 0.717) is 31.3 Å². The Hall–Kier alpha value is -2.61. The molecule has 2 aromatic heterocycles. The van der Waals surface area contributed by atoms with Crippen molar-refractivity contribution in [1.82, 2.24) is 19.9 Å². The number of anilines is 2.